The lowest BCUT2D eigenvalue weighted by atomic mass is 9.95. The molecule has 3 aliphatic rings. The summed E-state index contributed by atoms with van der Waals surface area (Å²) in [5.41, 5.74) is 0.871. The maximum Gasteiger partial charge on any atom is 0.225 e. The van der Waals surface area contributed by atoms with Crippen LogP contribution in [0.5, 0.6) is 5.75 Å². The Hall–Kier alpha value is -2.04. The summed E-state index contributed by atoms with van der Waals surface area (Å²) >= 11 is 0. The van der Waals surface area contributed by atoms with Crippen LogP contribution >= 0.6 is 0 Å². The lowest BCUT2D eigenvalue weighted by molar-refractivity contribution is -0.137. The van der Waals surface area contributed by atoms with E-state index in [0.717, 1.165) is 56.4 Å². The van der Waals surface area contributed by atoms with Crippen molar-refractivity contribution >= 4 is 11.8 Å². The smallest absolute Gasteiger partial charge is 0.225 e. The van der Waals surface area contributed by atoms with Crippen molar-refractivity contribution in [3.05, 3.63) is 29.8 Å². The Morgan fingerprint density at radius 2 is 2.00 bits per heavy atom. The second-order valence-corrected chi connectivity index (χ2v) is 7.70. The number of piperidine rings is 1. The van der Waals surface area contributed by atoms with E-state index in [4.69, 9.17) is 4.74 Å². The molecule has 5 nitrogen and oxygen atoms in total. The zero-order valence-electron chi connectivity index (χ0n) is 14.8. The van der Waals surface area contributed by atoms with Crippen molar-refractivity contribution in [2.24, 2.45) is 11.8 Å². The number of rotatable bonds is 5. The standard InChI is InChI=1S/C20H26N2O3/c1-25-17-6-2-5-16(12-17)20(9-10-20)21-18(23)15-4-3-11-22(13-15)19(24)14-7-8-14/h2,5-6,12,14-15H,3-4,7-11,13H2,1H3,(H,21,23)/t15-/m0/s1. The highest BCUT2D eigenvalue weighted by Gasteiger charge is 2.47. The van der Waals surface area contributed by atoms with Gasteiger partial charge in [-0.05, 0) is 56.2 Å². The SMILES string of the molecule is COc1cccc(C2(NC(=O)[C@H]3CCCN(C(=O)C4CC4)C3)CC2)c1. The van der Waals surface area contributed by atoms with E-state index in [0.29, 0.717) is 6.54 Å². The average Bonchev–Trinajstić information content (AvgIpc) is 3.56. The number of amides is 2. The molecule has 0 radical (unpaired) electrons. The fourth-order valence-electron chi connectivity index (χ4n) is 3.85. The van der Waals surface area contributed by atoms with Crippen molar-refractivity contribution in [1.29, 1.82) is 0 Å². The minimum Gasteiger partial charge on any atom is -0.497 e. The zero-order chi connectivity index (χ0) is 17.4. The van der Waals surface area contributed by atoms with Gasteiger partial charge in [0.15, 0.2) is 0 Å². The van der Waals surface area contributed by atoms with Crippen molar-refractivity contribution < 1.29 is 14.3 Å². The van der Waals surface area contributed by atoms with E-state index in [1.807, 2.05) is 23.1 Å². The van der Waals surface area contributed by atoms with Gasteiger partial charge in [0.25, 0.3) is 0 Å². The van der Waals surface area contributed by atoms with Crippen molar-refractivity contribution in [2.45, 2.75) is 44.1 Å². The number of ether oxygens (including phenoxy) is 1. The molecule has 2 saturated carbocycles. The normalized spacial score (nSPS) is 24.5. The summed E-state index contributed by atoms with van der Waals surface area (Å²) in [6.07, 6.45) is 5.75. The second kappa shape index (κ2) is 6.36. The summed E-state index contributed by atoms with van der Waals surface area (Å²) in [7, 11) is 1.66. The molecular formula is C20H26N2O3. The third-order valence-corrected chi connectivity index (χ3v) is 5.77. The van der Waals surface area contributed by atoms with Gasteiger partial charge in [-0.3, -0.25) is 9.59 Å². The highest BCUT2D eigenvalue weighted by atomic mass is 16.5. The van der Waals surface area contributed by atoms with Crippen LogP contribution in [-0.2, 0) is 15.1 Å². The van der Waals surface area contributed by atoms with Crippen LogP contribution in [-0.4, -0.2) is 36.9 Å². The van der Waals surface area contributed by atoms with Gasteiger partial charge in [0.2, 0.25) is 11.8 Å². The number of nitrogens with one attached hydrogen (secondary N) is 1. The van der Waals surface area contributed by atoms with Crippen LogP contribution in [0.1, 0.15) is 44.1 Å². The molecule has 0 aromatic heterocycles. The van der Waals surface area contributed by atoms with Crippen LogP contribution in [0.3, 0.4) is 0 Å². The lowest BCUT2D eigenvalue weighted by Crippen LogP contribution is -2.48. The minimum absolute atomic E-state index is 0.0838. The highest BCUT2D eigenvalue weighted by molar-refractivity contribution is 5.84. The predicted octanol–water partition coefficient (Wildman–Crippen LogP) is 2.45. The van der Waals surface area contributed by atoms with E-state index in [1.165, 1.54) is 0 Å². The fraction of sp³-hybridized carbons (Fsp3) is 0.600. The molecule has 3 fully saturated rings. The van der Waals surface area contributed by atoms with Crippen molar-refractivity contribution in [3.63, 3.8) is 0 Å². The van der Waals surface area contributed by atoms with Crippen molar-refractivity contribution in [1.82, 2.24) is 10.2 Å². The first-order valence-electron chi connectivity index (χ1n) is 9.37. The topological polar surface area (TPSA) is 58.6 Å². The van der Waals surface area contributed by atoms with E-state index in [9.17, 15) is 9.59 Å². The van der Waals surface area contributed by atoms with Crippen LogP contribution in [0, 0.1) is 11.8 Å². The Labute approximate surface area is 148 Å². The van der Waals surface area contributed by atoms with E-state index < -0.39 is 0 Å². The summed E-state index contributed by atoms with van der Waals surface area (Å²) in [6.45, 7) is 1.38. The molecule has 1 atom stereocenters. The first-order chi connectivity index (χ1) is 12.1. The van der Waals surface area contributed by atoms with E-state index in [2.05, 4.69) is 11.4 Å². The van der Waals surface area contributed by atoms with E-state index >= 15 is 0 Å². The van der Waals surface area contributed by atoms with Gasteiger partial charge in [0.1, 0.15) is 5.75 Å². The number of carbonyl (C=O) groups is 2. The molecule has 2 aliphatic carbocycles. The third kappa shape index (κ3) is 3.37. The lowest BCUT2D eigenvalue weighted by Gasteiger charge is -2.33. The summed E-state index contributed by atoms with van der Waals surface area (Å²) in [5.74, 6) is 1.31. The maximum atomic E-state index is 12.9. The number of likely N-dealkylation sites (tertiary alicyclic amines) is 1. The Bertz CT molecular complexity index is 679. The molecule has 2 amide bonds. The Morgan fingerprint density at radius 1 is 1.20 bits per heavy atom. The Kier molecular flexibility index (Phi) is 4.18. The molecule has 5 heteroatoms. The van der Waals surface area contributed by atoms with Gasteiger partial charge >= 0.3 is 0 Å². The maximum absolute atomic E-state index is 12.9. The monoisotopic (exact) mass is 342 g/mol. The number of methoxy groups -OCH3 is 1. The minimum atomic E-state index is -0.242. The third-order valence-electron chi connectivity index (χ3n) is 5.77. The van der Waals surface area contributed by atoms with Gasteiger partial charge in [-0.25, -0.2) is 0 Å². The summed E-state index contributed by atoms with van der Waals surface area (Å²) < 4.78 is 5.31. The van der Waals surface area contributed by atoms with Crippen molar-refractivity contribution in [3.8, 4) is 5.75 Å². The number of hydrogen-bond donors (Lipinski definition) is 1. The molecule has 0 unspecified atom stereocenters. The second-order valence-electron chi connectivity index (χ2n) is 7.70. The molecule has 134 valence electrons. The number of hydrogen-bond acceptors (Lipinski definition) is 3. The van der Waals surface area contributed by atoms with Crippen LogP contribution in [0.15, 0.2) is 24.3 Å². The summed E-state index contributed by atoms with van der Waals surface area (Å²) in [4.78, 5) is 27.1. The number of carbonyl (C=O) groups excluding carboxylic acids is 2. The molecule has 4 rings (SSSR count). The van der Waals surface area contributed by atoms with E-state index in [1.54, 1.807) is 7.11 Å². The molecule has 0 spiro atoms. The van der Waals surface area contributed by atoms with Gasteiger partial charge in [-0.1, -0.05) is 12.1 Å². The molecule has 1 heterocycles. The largest absolute Gasteiger partial charge is 0.497 e. The molecule has 25 heavy (non-hydrogen) atoms. The molecule has 1 aromatic rings. The molecule has 0 bridgehead atoms. The van der Waals surface area contributed by atoms with Crippen LogP contribution in [0.4, 0.5) is 0 Å². The molecule has 1 aliphatic heterocycles. The first-order valence-corrected chi connectivity index (χ1v) is 9.37. The van der Waals surface area contributed by atoms with Gasteiger partial charge in [-0.2, -0.15) is 0 Å². The first kappa shape index (κ1) is 16.4. The number of benzene rings is 1. The van der Waals surface area contributed by atoms with Crippen LogP contribution in [0.25, 0.3) is 0 Å². The Balaban J connectivity index is 1.41. The molecule has 1 N–H and O–H groups in total. The van der Waals surface area contributed by atoms with Gasteiger partial charge in [0, 0.05) is 19.0 Å². The molecule has 1 saturated heterocycles. The zero-order valence-corrected chi connectivity index (χ0v) is 14.8. The quantitative estimate of drug-likeness (QED) is 0.894. The Morgan fingerprint density at radius 3 is 2.68 bits per heavy atom. The van der Waals surface area contributed by atoms with Crippen LogP contribution in [0.2, 0.25) is 0 Å². The van der Waals surface area contributed by atoms with Gasteiger partial charge in [0.05, 0.1) is 18.6 Å². The van der Waals surface area contributed by atoms with Gasteiger partial charge in [-0.15, -0.1) is 0 Å². The van der Waals surface area contributed by atoms with Crippen LogP contribution < -0.4 is 10.1 Å². The average molecular weight is 342 g/mol. The predicted molar refractivity (Wildman–Crippen MR) is 94.1 cm³/mol. The molecule has 1 aromatic carbocycles. The number of nitrogens with zero attached hydrogens (tertiary/aromatic N) is 1. The highest BCUT2D eigenvalue weighted by Crippen LogP contribution is 2.46. The van der Waals surface area contributed by atoms with E-state index in [-0.39, 0.29) is 29.2 Å². The fourth-order valence-corrected chi connectivity index (χ4v) is 3.85. The summed E-state index contributed by atoms with van der Waals surface area (Å²) in [6, 6.07) is 7.96. The van der Waals surface area contributed by atoms with Crippen molar-refractivity contribution in [2.75, 3.05) is 20.2 Å². The van der Waals surface area contributed by atoms with Gasteiger partial charge < -0.3 is 15.0 Å². The summed E-state index contributed by atoms with van der Waals surface area (Å²) in [5, 5.41) is 3.28. The molecular weight excluding hydrogens is 316 g/mol.